The summed E-state index contributed by atoms with van der Waals surface area (Å²) in [6, 6.07) is 2.00. The first kappa shape index (κ1) is 14.0. The molecule has 6 heteroatoms. The van der Waals surface area contributed by atoms with Gasteiger partial charge in [0, 0.05) is 18.9 Å². The number of aromatic nitrogens is 2. The molecule has 0 aliphatic carbocycles. The maximum Gasteiger partial charge on any atom is 0.232 e. The average molecular weight is 303 g/mol. The van der Waals surface area contributed by atoms with Gasteiger partial charge in [0.05, 0.1) is 19.2 Å². The van der Waals surface area contributed by atoms with Crippen LogP contribution in [0, 0.1) is 0 Å². The Balaban J connectivity index is 1.56. The molecule has 0 aromatic carbocycles. The molecule has 0 bridgehead atoms. The van der Waals surface area contributed by atoms with Crippen molar-refractivity contribution in [3.63, 3.8) is 0 Å². The van der Waals surface area contributed by atoms with E-state index >= 15 is 0 Å². The van der Waals surface area contributed by atoms with E-state index in [0.29, 0.717) is 18.8 Å². The lowest BCUT2D eigenvalue weighted by molar-refractivity contribution is -0.133. The molecule has 110 valence electrons. The van der Waals surface area contributed by atoms with Gasteiger partial charge in [-0.15, -0.1) is 0 Å². The number of piperidine rings is 1. The molecule has 3 heterocycles. The van der Waals surface area contributed by atoms with E-state index < -0.39 is 0 Å². The quantitative estimate of drug-likeness (QED) is 0.868. The van der Waals surface area contributed by atoms with Gasteiger partial charge >= 0.3 is 0 Å². The van der Waals surface area contributed by atoms with Gasteiger partial charge < -0.3 is 9.64 Å². The minimum absolute atomic E-state index is 0.00174. The third kappa shape index (κ3) is 3.78. The molecule has 0 saturated carbocycles. The molecule has 0 spiro atoms. The van der Waals surface area contributed by atoms with Crippen molar-refractivity contribution in [1.82, 2.24) is 14.9 Å². The highest BCUT2D eigenvalue weighted by atomic mass is 32.1. The van der Waals surface area contributed by atoms with E-state index in [9.17, 15) is 4.79 Å². The van der Waals surface area contributed by atoms with Gasteiger partial charge in [-0.2, -0.15) is 11.3 Å². The van der Waals surface area contributed by atoms with E-state index in [0.717, 1.165) is 24.9 Å². The summed E-state index contributed by atoms with van der Waals surface area (Å²) in [5.74, 6) is 0.690. The fourth-order valence-corrected chi connectivity index (χ4v) is 3.13. The molecule has 1 amide bonds. The molecular weight excluding hydrogens is 286 g/mol. The van der Waals surface area contributed by atoms with Gasteiger partial charge in [0.25, 0.3) is 0 Å². The van der Waals surface area contributed by atoms with Gasteiger partial charge in [0.2, 0.25) is 11.8 Å². The molecule has 1 atom stereocenters. The highest BCUT2D eigenvalue weighted by molar-refractivity contribution is 7.07. The Hall–Kier alpha value is -1.95. The zero-order chi connectivity index (χ0) is 14.5. The van der Waals surface area contributed by atoms with Crippen molar-refractivity contribution in [3.05, 3.63) is 41.0 Å². The molecule has 0 unspecified atom stereocenters. The number of hydrogen-bond donors (Lipinski definition) is 0. The average Bonchev–Trinajstić information content (AvgIpc) is 3.01. The van der Waals surface area contributed by atoms with Gasteiger partial charge in [-0.1, -0.05) is 0 Å². The van der Waals surface area contributed by atoms with Gasteiger partial charge in [-0.25, -0.2) is 4.98 Å². The van der Waals surface area contributed by atoms with Crippen LogP contribution in [0.1, 0.15) is 18.4 Å². The lowest BCUT2D eigenvalue weighted by Gasteiger charge is -2.32. The van der Waals surface area contributed by atoms with Gasteiger partial charge in [0.1, 0.15) is 6.10 Å². The summed E-state index contributed by atoms with van der Waals surface area (Å²) in [6.45, 7) is 1.43. The monoisotopic (exact) mass is 303 g/mol. The van der Waals surface area contributed by atoms with Crippen LogP contribution in [0.3, 0.4) is 0 Å². The van der Waals surface area contributed by atoms with Crippen molar-refractivity contribution in [3.8, 4) is 5.88 Å². The van der Waals surface area contributed by atoms with Crippen LogP contribution in [0.15, 0.2) is 35.4 Å². The van der Waals surface area contributed by atoms with E-state index in [4.69, 9.17) is 4.74 Å². The molecule has 1 fully saturated rings. The Morgan fingerprint density at radius 1 is 1.48 bits per heavy atom. The van der Waals surface area contributed by atoms with Crippen molar-refractivity contribution in [2.45, 2.75) is 25.4 Å². The molecule has 1 saturated heterocycles. The first-order valence-electron chi connectivity index (χ1n) is 7.03. The van der Waals surface area contributed by atoms with Crippen LogP contribution in [0.25, 0.3) is 0 Å². The Morgan fingerprint density at radius 3 is 3.19 bits per heavy atom. The standard InChI is InChI=1S/C15H17N3O2S/c19-15(8-12-3-7-21-11-12)18-6-1-2-13(10-18)20-14-9-16-4-5-17-14/h3-5,7,9,11,13H,1-2,6,8,10H2/t13-/m1/s1. The van der Waals surface area contributed by atoms with Crippen molar-refractivity contribution >= 4 is 17.2 Å². The third-order valence-electron chi connectivity index (χ3n) is 3.49. The molecular formula is C15H17N3O2S. The summed E-state index contributed by atoms with van der Waals surface area (Å²) in [7, 11) is 0. The summed E-state index contributed by atoms with van der Waals surface area (Å²) in [6.07, 6.45) is 7.20. The largest absolute Gasteiger partial charge is 0.471 e. The Morgan fingerprint density at radius 2 is 2.43 bits per heavy atom. The summed E-state index contributed by atoms with van der Waals surface area (Å²) in [4.78, 5) is 22.3. The van der Waals surface area contributed by atoms with E-state index in [1.165, 1.54) is 0 Å². The highest BCUT2D eigenvalue weighted by Gasteiger charge is 2.25. The SMILES string of the molecule is O=C(Cc1ccsc1)N1CCC[C@@H](Oc2cnccn2)C1. The Kier molecular flexibility index (Phi) is 4.45. The number of hydrogen-bond acceptors (Lipinski definition) is 5. The number of carbonyl (C=O) groups excluding carboxylic acids is 1. The second-order valence-electron chi connectivity index (χ2n) is 5.07. The summed E-state index contributed by atoms with van der Waals surface area (Å²) in [5.41, 5.74) is 1.09. The first-order valence-corrected chi connectivity index (χ1v) is 7.97. The zero-order valence-electron chi connectivity index (χ0n) is 11.6. The van der Waals surface area contributed by atoms with Gasteiger partial charge in [0.15, 0.2) is 0 Å². The molecule has 2 aromatic heterocycles. The van der Waals surface area contributed by atoms with Crippen molar-refractivity contribution in [1.29, 1.82) is 0 Å². The smallest absolute Gasteiger partial charge is 0.232 e. The number of likely N-dealkylation sites (tertiary alicyclic amines) is 1. The number of nitrogens with zero attached hydrogens (tertiary/aromatic N) is 3. The molecule has 1 aliphatic rings. The summed E-state index contributed by atoms with van der Waals surface area (Å²) in [5, 5.41) is 4.02. The Labute approximate surface area is 127 Å². The number of thiophene rings is 1. The molecule has 5 nitrogen and oxygen atoms in total. The van der Waals surface area contributed by atoms with Crippen LogP contribution in [0.2, 0.25) is 0 Å². The second kappa shape index (κ2) is 6.67. The van der Waals surface area contributed by atoms with Crippen LogP contribution >= 0.6 is 11.3 Å². The predicted molar refractivity (Wildman–Crippen MR) is 80.3 cm³/mol. The van der Waals surface area contributed by atoms with Crippen LogP contribution in [0.4, 0.5) is 0 Å². The number of carbonyl (C=O) groups is 1. The zero-order valence-corrected chi connectivity index (χ0v) is 12.5. The highest BCUT2D eigenvalue weighted by Crippen LogP contribution is 2.17. The molecule has 3 rings (SSSR count). The molecule has 21 heavy (non-hydrogen) atoms. The van der Waals surface area contributed by atoms with Gasteiger partial charge in [-0.3, -0.25) is 9.78 Å². The number of rotatable bonds is 4. The lowest BCUT2D eigenvalue weighted by atomic mass is 10.1. The van der Waals surface area contributed by atoms with Crippen molar-refractivity contribution in [2.75, 3.05) is 13.1 Å². The second-order valence-corrected chi connectivity index (χ2v) is 5.85. The lowest BCUT2D eigenvalue weighted by Crippen LogP contribution is -2.45. The van der Waals surface area contributed by atoms with E-state index in [-0.39, 0.29) is 12.0 Å². The number of amides is 1. The van der Waals surface area contributed by atoms with Crippen molar-refractivity contribution < 1.29 is 9.53 Å². The van der Waals surface area contributed by atoms with E-state index in [1.807, 2.05) is 21.7 Å². The third-order valence-corrected chi connectivity index (χ3v) is 4.23. The van der Waals surface area contributed by atoms with Crippen LogP contribution < -0.4 is 4.74 Å². The van der Waals surface area contributed by atoms with Crippen LogP contribution in [-0.2, 0) is 11.2 Å². The minimum atomic E-state index is 0.00174. The topological polar surface area (TPSA) is 55.3 Å². The fraction of sp³-hybridized carbons (Fsp3) is 0.400. The molecule has 2 aromatic rings. The summed E-state index contributed by atoms with van der Waals surface area (Å²) >= 11 is 1.62. The van der Waals surface area contributed by atoms with Gasteiger partial charge in [-0.05, 0) is 35.2 Å². The maximum atomic E-state index is 12.3. The summed E-state index contributed by atoms with van der Waals surface area (Å²) < 4.78 is 5.81. The number of ether oxygens (including phenoxy) is 1. The van der Waals surface area contributed by atoms with Crippen LogP contribution in [-0.4, -0.2) is 40.0 Å². The molecule has 1 aliphatic heterocycles. The molecule has 0 radical (unpaired) electrons. The normalized spacial score (nSPS) is 18.5. The first-order chi connectivity index (χ1) is 10.3. The van der Waals surface area contributed by atoms with E-state index in [1.54, 1.807) is 29.9 Å². The Bertz CT molecular complexity index is 574. The van der Waals surface area contributed by atoms with Crippen molar-refractivity contribution in [2.24, 2.45) is 0 Å². The minimum Gasteiger partial charge on any atom is -0.471 e. The maximum absolute atomic E-state index is 12.3. The van der Waals surface area contributed by atoms with E-state index in [2.05, 4.69) is 9.97 Å². The molecule has 0 N–H and O–H groups in total. The predicted octanol–water partition coefficient (Wildman–Crippen LogP) is 2.15. The fourth-order valence-electron chi connectivity index (χ4n) is 2.46. The van der Waals surface area contributed by atoms with Crippen LogP contribution in [0.5, 0.6) is 5.88 Å².